The molecule has 5 heteroatoms. The van der Waals surface area contributed by atoms with Crippen LogP contribution >= 0.6 is 12.4 Å². The van der Waals surface area contributed by atoms with Gasteiger partial charge in [0.05, 0.1) is 6.54 Å². The first kappa shape index (κ1) is 16.1. The fraction of sp³-hybridized carbons (Fsp3) is 1.00. The summed E-state index contributed by atoms with van der Waals surface area (Å²) in [5.41, 5.74) is 0.185. The fourth-order valence-corrected chi connectivity index (χ4v) is 2.29. The molecule has 1 heterocycles. The molecule has 0 radical (unpaired) electrons. The molecule has 1 saturated heterocycles. The van der Waals surface area contributed by atoms with Crippen molar-refractivity contribution in [2.45, 2.75) is 33.1 Å². The summed E-state index contributed by atoms with van der Waals surface area (Å²) < 4.78 is 24.7. The van der Waals surface area contributed by atoms with Crippen LogP contribution in [-0.4, -0.2) is 44.0 Å². The van der Waals surface area contributed by atoms with E-state index in [-0.39, 0.29) is 24.4 Å². The van der Waals surface area contributed by atoms with E-state index in [0.29, 0.717) is 0 Å². The number of hydrogen-bond donors (Lipinski definition) is 1. The highest BCUT2D eigenvalue weighted by atomic mass is 35.5. The Kier molecular flexibility index (Phi) is 7.44. The third kappa shape index (κ3) is 5.41. The van der Waals surface area contributed by atoms with Gasteiger partial charge in [-0.2, -0.15) is 0 Å². The molecule has 1 aliphatic rings. The molecule has 16 heavy (non-hydrogen) atoms. The zero-order valence-corrected chi connectivity index (χ0v) is 11.0. The summed E-state index contributed by atoms with van der Waals surface area (Å²) >= 11 is 0. The van der Waals surface area contributed by atoms with E-state index in [1.807, 2.05) is 11.8 Å². The van der Waals surface area contributed by atoms with Gasteiger partial charge < -0.3 is 5.32 Å². The molecule has 0 spiro atoms. The summed E-state index contributed by atoms with van der Waals surface area (Å²) in [6.07, 6.45) is -0.179. The third-order valence-corrected chi connectivity index (χ3v) is 3.00. The summed E-state index contributed by atoms with van der Waals surface area (Å²) in [5.74, 6) is 0. The quantitative estimate of drug-likeness (QED) is 0.785. The summed E-state index contributed by atoms with van der Waals surface area (Å²) in [6, 6.07) is 0. The van der Waals surface area contributed by atoms with Crippen LogP contribution in [0.1, 0.15) is 26.7 Å². The molecule has 0 amide bonds. The van der Waals surface area contributed by atoms with Crippen LogP contribution in [0.15, 0.2) is 0 Å². The maximum Gasteiger partial charge on any atom is 0.251 e. The molecule has 0 aromatic rings. The molecule has 1 fully saturated rings. The molecule has 1 unspecified atom stereocenters. The van der Waals surface area contributed by atoms with Gasteiger partial charge in [0, 0.05) is 13.1 Å². The van der Waals surface area contributed by atoms with Gasteiger partial charge in [-0.3, -0.25) is 4.90 Å². The molecular weight excluding hydrogens is 234 g/mol. The SMILES string of the molecule is CCCN(CC(F)F)CC1(C)CCNC1.Cl. The van der Waals surface area contributed by atoms with Gasteiger partial charge in [0.1, 0.15) is 0 Å². The van der Waals surface area contributed by atoms with Crippen LogP contribution in [0, 0.1) is 5.41 Å². The second kappa shape index (κ2) is 7.41. The van der Waals surface area contributed by atoms with Crippen LogP contribution < -0.4 is 5.32 Å². The van der Waals surface area contributed by atoms with Crippen molar-refractivity contribution < 1.29 is 8.78 Å². The third-order valence-electron chi connectivity index (χ3n) is 3.00. The lowest BCUT2D eigenvalue weighted by atomic mass is 9.89. The van der Waals surface area contributed by atoms with Crippen LogP contribution in [0.2, 0.25) is 0 Å². The zero-order chi connectivity index (χ0) is 11.3. The van der Waals surface area contributed by atoms with Crippen LogP contribution in [0.4, 0.5) is 8.78 Å². The van der Waals surface area contributed by atoms with E-state index < -0.39 is 6.43 Å². The second-order valence-corrected chi connectivity index (χ2v) is 4.86. The monoisotopic (exact) mass is 256 g/mol. The van der Waals surface area contributed by atoms with Crippen molar-refractivity contribution in [2.24, 2.45) is 5.41 Å². The lowest BCUT2D eigenvalue weighted by Crippen LogP contribution is -2.40. The Labute approximate surface area is 103 Å². The van der Waals surface area contributed by atoms with Crippen molar-refractivity contribution in [1.29, 1.82) is 0 Å². The van der Waals surface area contributed by atoms with Gasteiger partial charge >= 0.3 is 0 Å². The molecule has 0 bridgehead atoms. The molecular formula is C11H23ClF2N2. The predicted molar refractivity (Wildman–Crippen MR) is 65.6 cm³/mol. The minimum absolute atomic E-state index is 0. The molecule has 1 rings (SSSR count). The first-order chi connectivity index (χ1) is 7.06. The van der Waals surface area contributed by atoms with Crippen molar-refractivity contribution in [3.63, 3.8) is 0 Å². The highest BCUT2D eigenvalue weighted by Crippen LogP contribution is 2.25. The summed E-state index contributed by atoms with van der Waals surface area (Å²) in [7, 11) is 0. The minimum Gasteiger partial charge on any atom is -0.316 e. The number of nitrogens with one attached hydrogen (secondary N) is 1. The van der Waals surface area contributed by atoms with Crippen LogP contribution in [0.25, 0.3) is 0 Å². The van der Waals surface area contributed by atoms with E-state index in [1.165, 1.54) is 0 Å². The van der Waals surface area contributed by atoms with E-state index in [9.17, 15) is 8.78 Å². The Morgan fingerprint density at radius 3 is 2.56 bits per heavy atom. The van der Waals surface area contributed by atoms with E-state index in [4.69, 9.17) is 0 Å². The molecule has 0 aliphatic carbocycles. The molecule has 1 N–H and O–H groups in total. The smallest absolute Gasteiger partial charge is 0.251 e. The number of rotatable bonds is 6. The maximum atomic E-state index is 12.3. The van der Waals surface area contributed by atoms with E-state index in [2.05, 4.69) is 12.2 Å². The second-order valence-electron chi connectivity index (χ2n) is 4.86. The van der Waals surface area contributed by atoms with Crippen molar-refractivity contribution in [3.8, 4) is 0 Å². The molecule has 98 valence electrons. The van der Waals surface area contributed by atoms with E-state index in [1.54, 1.807) is 0 Å². The van der Waals surface area contributed by atoms with Crippen LogP contribution in [0.5, 0.6) is 0 Å². The lowest BCUT2D eigenvalue weighted by molar-refractivity contribution is 0.0681. The lowest BCUT2D eigenvalue weighted by Gasteiger charge is -2.31. The van der Waals surface area contributed by atoms with Crippen molar-refractivity contribution in [1.82, 2.24) is 10.2 Å². The maximum absolute atomic E-state index is 12.3. The van der Waals surface area contributed by atoms with Crippen molar-refractivity contribution in [2.75, 3.05) is 32.7 Å². The fourth-order valence-electron chi connectivity index (χ4n) is 2.29. The van der Waals surface area contributed by atoms with Gasteiger partial charge in [-0.1, -0.05) is 13.8 Å². The Balaban J connectivity index is 0.00000225. The number of halogens is 3. The van der Waals surface area contributed by atoms with Gasteiger partial charge in [0.25, 0.3) is 6.43 Å². The molecule has 0 saturated carbocycles. The van der Waals surface area contributed by atoms with Gasteiger partial charge in [0.2, 0.25) is 0 Å². The first-order valence-electron chi connectivity index (χ1n) is 5.77. The van der Waals surface area contributed by atoms with Crippen LogP contribution in [-0.2, 0) is 0 Å². The van der Waals surface area contributed by atoms with Gasteiger partial charge in [-0.15, -0.1) is 12.4 Å². The number of alkyl halides is 2. The topological polar surface area (TPSA) is 15.3 Å². The summed E-state index contributed by atoms with van der Waals surface area (Å²) in [6.45, 7) is 7.68. The Bertz CT molecular complexity index is 185. The highest BCUT2D eigenvalue weighted by Gasteiger charge is 2.31. The Hall–Kier alpha value is 0.0700. The highest BCUT2D eigenvalue weighted by molar-refractivity contribution is 5.85. The molecule has 1 aliphatic heterocycles. The average molecular weight is 257 g/mol. The minimum atomic E-state index is -2.21. The van der Waals surface area contributed by atoms with Gasteiger partial charge in [-0.25, -0.2) is 8.78 Å². The van der Waals surface area contributed by atoms with E-state index in [0.717, 1.165) is 39.0 Å². The normalized spacial score (nSPS) is 25.1. The van der Waals surface area contributed by atoms with Crippen LogP contribution in [0.3, 0.4) is 0 Å². The number of nitrogens with zero attached hydrogens (tertiary/aromatic N) is 1. The average Bonchev–Trinajstić information content (AvgIpc) is 2.51. The van der Waals surface area contributed by atoms with Crippen molar-refractivity contribution in [3.05, 3.63) is 0 Å². The standard InChI is InChI=1S/C11H22F2N2.ClH/c1-3-6-15(7-10(12)13)9-11(2)4-5-14-8-11;/h10,14H,3-9H2,1-2H3;1H. The summed E-state index contributed by atoms with van der Waals surface area (Å²) in [4.78, 5) is 1.90. The van der Waals surface area contributed by atoms with Gasteiger partial charge in [-0.05, 0) is 31.3 Å². The summed E-state index contributed by atoms with van der Waals surface area (Å²) in [5, 5.41) is 3.30. The molecule has 0 aromatic carbocycles. The first-order valence-corrected chi connectivity index (χ1v) is 5.77. The molecule has 2 nitrogen and oxygen atoms in total. The Morgan fingerprint density at radius 2 is 2.12 bits per heavy atom. The van der Waals surface area contributed by atoms with Crippen molar-refractivity contribution >= 4 is 12.4 Å². The molecule has 1 atom stereocenters. The van der Waals surface area contributed by atoms with E-state index >= 15 is 0 Å². The molecule has 0 aromatic heterocycles. The predicted octanol–water partition coefficient (Wildman–Crippen LogP) is 2.38. The van der Waals surface area contributed by atoms with Gasteiger partial charge in [0.15, 0.2) is 0 Å². The number of hydrogen-bond acceptors (Lipinski definition) is 2. The largest absolute Gasteiger partial charge is 0.316 e. The Morgan fingerprint density at radius 1 is 1.44 bits per heavy atom. The zero-order valence-electron chi connectivity index (χ0n) is 10.1.